The number of carbonyl (C=O) groups is 1. The molecule has 1 heterocycles. The predicted molar refractivity (Wildman–Crippen MR) is 75.8 cm³/mol. The van der Waals surface area contributed by atoms with Crippen LogP contribution >= 0.6 is 0 Å². The average Bonchev–Trinajstić information content (AvgIpc) is 2.45. The number of hydrogen-bond donors (Lipinski definition) is 0. The minimum Gasteiger partial charge on any atom is -0.456 e. The molecule has 19 heavy (non-hydrogen) atoms. The molecule has 3 rings (SSSR count). The molecule has 1 aliphatic heterocycles. The van der Waals surface area contributed by atoms with Gasteiger partial charge in [-0.25, -0.2) is 0 Å². The van der Waals surface area contributed by atoms with Crippen molar-refractivity contribution in [2.24, 2.45) is 5.41 Å². The summed E-state index contributed by atoms with van der Waals surface area (Å²) in [5.41, 5.74) is 0.796. The molecule has 0 aliphatic carbocycles. The van der Waals surface area contributed by atoms with E-state index < -0.39 is 0 Å². The number of hydrogen-bond acceptors (Lipinski definition) is 2. The Bertz CT molecular complexity index is 626. The molecule has 0 aromatic heterocycles. The average molecular weight is 254 g/mol. The van der Waals surface area contributed by atoms with E-state index in [1.54, 1.807) is 0 Å². The molecule has 2 aromatic rings. The van der Waals surface area contributed by atoms with Crippen LogP contribution in [0.15, 0.2) is 42.5 Å². The lowest BCUT2D eigenvalue weighted by Crippen LogP contribution is -2.49. The van der Waals surface area contributed by atoms with E-state index in [-0.39, 0.29) is 17.5 Å². The van der Waals surface area contributed by atoms with Crippen molar-refractivity contribution in [2.45, 2.75) is 32.8 Å². The smallest absolute Gasteiger partial charge is 0.316 e. The first-order valence-electron chi connectivity index (χ1n) is 6.91. The maximum atomic E-state index is 11.8. The van der Waals surface area contributed by atoms with Crippen molar-refractivity contribution < 1.29 is 9.53 Å². The summed E-state index contributed by atoms with van der Waals surface area (Å²) < 4.78 is 5.43. The van der Waals surface area contributed by atoms with Gasteiger partial charge in [-0.2, -0.15) is 0 Å². The molecule has 1 atom stereocenters. The van der Waals surface area contributed by atoms with Crippen LogP contribution in [0.3, 0.4) is 0 Å². The van der Waals surface area contributed by atoms with Crippen LogP contribution in [0.5, 0.6) is 0 Å². The molecule has 98 valence electrons. The van der Waals surface area contributed by atoms with Crippen LogP contribution in [0.2, 0.25) is 0 Å². The third kappa shape index (κ3) is 1.66. The fourth-order valence-corrected chi connectivity index (χ4v) is 3.05. The van der Waals surface area contributed by atoms with E-state index in [1.165, 1.54) is 10.8 Å². The van der Waals surface area contributed by atoms with E-state index in [2.05, 4.69) is 44.2 Å². The van der Waals surface area contributed by atoms with Gasteiger partial charge in [0, 0.05) is 0 Å². The Hall–Kier alpha value is -1.83. The van der Waals surface area contributed by atoms with Crippen molar-refractivity contribution in [3.05, 3.63) is 48.0 Å². The van der Waals surface area contributed by atoms with Gasteiger partial charge in [0.25, 0.3) is 0 Å². The third-order valence-electron chi connectivity index (χ3n) is 4.47. The number of benzene rings is 2. The highest BCUT2D eigenvalue weighted by atomic mass is 16.6. The topological polar surface area (TPSA) is 26.3 Å². The van der Waals surface area contributed by atoms with Crippen molar-refractivity contribution in [3.63, 3.8) is 0 Å². The van der Waals surface area contributed by atoms with Crippen LogP contribution in [-0.2, 0) is 9.53 Å². The second kappa shape index (κ2) is 4.37. The Morgan fingerprint density at radius 1 is 1.05 bits per heavy atom. The van der Waals surface area contributed by atoms with Crippen LogP contribution in [0.25, 0.3) is 10.8 Å². The van der Waals surface area contributed by atoms with Gasteiger partial charge in [-0.05, 0) is 35.2 Å². The predicted octanol–water partition coefficient (Wildman–Crippen LogP) is 4.24. The number of carbonyl (C=O) groups excluding carboxylic acids is 1. The highest BCUT2D eigenvalue weighted by Crippen LogP contribution is 2.52. The minimum absolute atomic E-state index is 0.0457. The number of ether oxygens (including phenoxy) is 1. The SMILES string of the molecule is CCC1(CC)C(=O)O[C@@H]1c1ccc2ccccc2c1. The standard InChI is InChI=1S/C17H18O2/c1-3-17(4-2)15(19-16(17)18)14-10-9-12-7-5-6-8-13(12)11-14/h5-11,15H,3-4H2,1-2H3/t15-/m1/s1. The zero-order valence-electron chi connectivity index (χ0n) is 11.3. The van der Waals surface area contributed by atoms with E-state index in [0.717, 1.165) is 18.4 Å². The van der Waals surface area contributed by atoms with Gasteiger partial charge < -0.3 is 4.74 Å². The molecule has 0 amide bonds. The lowest BCUT2D eigenvalue weighted by molar-refractivity contribution is -0.210. The highest BCUT2D eigenvalue weighted by Gasteiger charge is 2.55. The highest BCUT2D eigenvalue weighted by molar-refractivity contribution is 5.86. The largest absolute Gasteiger partial charge is 0.456 e. The summed E-state index contributed by atoms with van der Waals surface area (Å²) in [4.78, 5) is 11.8. The van der Waals surface area contributed by atoms with Crippen molar-refractivity contribution in [1.29, 1.82) is 0 Å². The molecule has 0 N–H and O–H groups in total. The molecular weight excluding hydrogens is 236 g/mol. The maximum Gasteiger partial charge on any atom is 0.316 e. The summed E-state index contributed by atoms with van der Waals surface area (Å²) in [6.07, 6.45) is 1.58. The first kappa shape index (κ1) is 12.2. The zero-order chi connectivity index (χ0) is 13.5. The Morgan fingerprint density at radius 2 is 1.74 bits per heavy atom. The van der Waals surface area contributed by atoms with Gasteiger partial charge in [0.1, 0.15) is 11.5 Å². The van der Waals surface area contributed by atoms with E-state index in [0.29, 0.717) is 0 Å². The molecule has 0 bridgehead atoms. The van der Waals surface area contributed by atoms with Crippen molar-refractivity contribution >= 4 is 16.7 Å². The molecule has 0 unspecified atom stereocenters. The molecule has 1 fully saturated rings. The van der Waals surface area contributed by atoms with Gasteiger partial charge in [0.05, 0.1) is 0 Å². The summed E-state index contributed by atoms with van der Waals surface area (Å²) in [5.74, 6) is -0.0457. The van der Waals surface area contributed by atoms with E-state index >= 15 is 0 Å². The Kier molecular flexibility index (Phi) is 2.81. The Labute approximate surface area is 113 Å². The molecular formula is C17H18O2. The van der Waals surface area contributed by atoms with Crippen molar-refractivity contribution in [2.75, 3.05) is 0 Å². The number of esters is 1. The Balaban J connectivity index is 2.03. The van der Waals surface area contributed by atoms with Gasteiger partial charge in [0.15, 0.2) is 0 Å². The molecule has 1 saturated heterocycles. The van der Waals surface area contributed by atoms with Gasteiger partial charge >= 0.3 is 5.97 Å². The van der Waals surface area contributed by atoms with E-state index in [4.69, 9.17) is 4.74 Å². The first-order valence-corrected chi connectivity index (χ1v) is 6.91. The van der Waals surface area contributed by atoms with Crippen LogP contribution in [0.4, 0.5) is 0 Å². The monoisotopic (exact) mass is 254 g/mol. The summed E-state index contributed by atoms with van der Waals surface area (Å²) in [6, 6.07) is 14.6. The summed E-state index contributed by atoms with van der Waals surface area (Å²) in [5, 5.41) is 2.42. The molecule has 0 spiro atoms. The maximum absolute atomic E-state index is 11.8. The zero-order valence-corrected chi connectivity index (χ0v) is 11.3. The summed E-state index contributed by atoms with van der Waals surface area (Å²) in [6.45, 7) is 4.13. The lowest BCUT2D eigenvalue weighted by Gasteiger charge is -2.46. The van der Waals surface area contributed by atoms with Crippen molar-refractivity contribution in [3.8, 4) is 0 Å². The minimum atomic E-state index is -0.317. The molecule has 0 radical (unpaired) electrons. The number of fused-ring (bicyclic) bond motifs is 1. The molecule has 1 aliphatic rings. The lowest BCUT2D eigenvalue weighted by atomic mass is 9.70. The normalized spacial score (nSPS) is 20.9. The molecule has 2 heteroatoms. The van der Waals surface area contributed by atoms with Gasteiger partial charge in [0.2, 0.25) is 0 Å². The van der Waals surface area contributed by atoms with Crippen molar-refractivity contribution in [1.82, 2.24) is 0 Å². The van der Waals surface area contributed by atoms with Crippen LogP contribution in [-0.4, -0.2) is 5.97 Å². The molecule has 2 aromatic carbocycles. The Morgan fingerprint density at radius 3 is 2.37 bits per heavy atom. The molecule has 2 nitrogen and oxygen atoms in total. The summed E-state index contributed by atoms with van der Waals surface area (Å²) in [7, 11) is 0. The van der Waals surface area contributed by atoms with Gasteiger partial charge in [-0.1, -0.05) is 50.2 Å². The fourth-order valence-electron chi connectivity index (χ4n) is 3.05. The number of rotatable bonds is 3. The first-order chi connectivity index (χ1) is 9.21. The summed E-state index contributed by atoms with van der Waals surface area (Å²) >= 11 is 0. The van der Waals surface area contributed by atoms with Crippen LogP contribution in [0.1, 0.15) is 38.4 Å². The quantitative estimate of drug-likeness (QED) is 0.766. The molecule has 0 saturated carbocycles. The van der Waals surface area contributed by atoms with E-state index in [1.807, 2.05) is 12.1 Å². The van der Waals surface area contributed by atoms with Gasteiger partial charge in [-0.15, -0.1) is 0 Å². The van der Waals surface area contributed by atoms with Crippen LogP contribution in [0, 0.1) is 5.41 Å². The number of cyclic esters (lactones) is 1. The van der Waals surface area contributed by atoms with E-state index in [9.17, 15) is 4.79 Å². The second-order valence-electron chi connectivity index (χ2n) is 5.26. The fraction of sp³-hybridized carbons (Fsp3) is 0.353. The second-order valence-corrected chi connectivity index (χ2v) is 5.26. The van der Waals surface area contributed by atoms with Gasteiger partial charge in [-0.3, -0.25) is 4.79 Å². The third-order valence-corrected chi connectivity index (χ3v) is 4.47. The van der Waals surface area contributed by atoms with Crippen LogP contribution < -0.4 is 0 Å².